The van der Waals surface area contributed by atoms with Gasteiger partial charge in [-0.05, 0) is 17.7 Å². The molecule has 0 aliphatic heterocycles. The molecule has 0 saturated heterocycles. The Bertz CT molecular complexity index is 574. The van der Waals surface area contributed by atoms with Crippen LogP contribution in [0.3, 0.4) is 0 Å². The fourth-order valence-electron chi connectivity index (χ4n) is 1.72. The standard InChI is InChI=1S/C14H18ClN3O3/c1-10-17-14(18-21-10)9-20-13-4-3-11(7-12(13)15)8-16-5-6-19-2/h3-4,7,16H,5-6,8-9H2,1-2H3. The van der Waals surface area contributed by atoms with Gasteiger partial charge in [0, 0.05) is 27.1 Å². The van der Waals surface area contributed by atoms with Crippen LogP contribution in [-0.4, -0.2) is 30.4 Å². The number of hydrogen-bond donors (Lipinski definition) is 1. The van der Waals surface area contributed by atoms with Crippen LogP contribution in [0.15, 0.2) is 22.7 Å². The van der Waals surface area contributed by atoms with E-state index in [-0.39, 0.29) is 6.61 Å². The van der Waals surface area contributed by atoms with Crippen LogP contribution in [0.2, 0.25) is 5.02 Å². The summed E-state index contributed by atoms with van der Waals surface area (Å²) >= 11 is 6.20. The van der Waals surface area contributed by atoms with E-state index in [2.05, 4.69) is 15.5 Å². The molecule has 0 radical (unpaired) electrons. The molecule has 2 aromatic rings. The van der Waals surface area contributed by atoms with Gasteiger partial charge in [-0.2, -0.15) is 4.98 Å². The van der Waals surface area contributed by atoms with E-state index in [1.165, 1.54) is 0 Å². The first-order valence-electron chi connectivity index (χ1n) is 6.59. The highest BCUT2D eigenvalue weighted by Gasteiger charge is 2.07. The minimum atomic E-state index is 0.225. The summed E-state index contributed by atoms with van der Waals surface area (Å²) in [5.41, 5.74) is 1.08. The van der Waals surface area contributed by atoms with Crippen molar-refractivity contribution in [2.45, 2.75) is 20.1 Å². The van der Waals surface area contributed by atoms with Gasteiger partial charge in [0.2, 0.25) is 11.7 Å². The second-order valence-electron chi connectivity index (χ2n) is 4.45. The van der Waals surface area contributed by atoms with E-state index in [0.717, 1.165) is 18.7 Å². The number of ether oxygens (including phenoxy) is 2. The van der Waals surface area contributed by atoms with Crippen molar-refractivity contribution < 1.29 is 14.0 Å². The third-order valence-electron chi connectivity index (χ3n) is 2.73. The Morgan fingerprint density at radius 3 is 2.90 bits per heavy atom. The summed E-state index contributed by atoms with van der Waals surface area (Å²) in [7, 11) is 1.68. The van der Waals surface area contributed by atoms with Crippen molar-refractivity contribution in [3.05, 3.63) is 40.5 Å². The monoisotopic (exact) mass is 311 g/mol. The molecule has 1 N–H and O–H groups in total. The van der Waals surface area contributed by atoms with E-state index >= 15 is 0 Å². The van der Waals surface area contributed by atoms with Crippen LogP contribution >= 0.6 is 11.6 Å². The van der Waals surface area contributed by atoms with Gasteiger partial charge in [-0.15, -0.1) is 0 Å². The second-order valence-corrected chi connectivity index (χ2v) is 4.86. The van der Waals surface area contributed by atoms with Crippen LogP contribution < -0.4 is 10.1 Å². The van der Waals surface area contributed by atoms with E-state index < -0.39 is 0 Å². The van der Waals surface area contributed by atoms with Crippen LogP contribution in [-0.2, 0) is 17.9 Å². The van der Waals surface area contributed by atoms with Crippen molar-refractivity contribution in [1.82, 2.24) is 15.5 Å². The molecular weight excluding hydrogens is 294 g/mol. The van der Waals surface area contributed by atoms with Crippen molar-refractivity contribution in [1.29, 1.82) is 0 Å². The lowest BCUT2D eigenvalue weighted by Crippen LogP contribution is -2.18. The van der Waals surface area contributed by atoms with Crippen molar-refractivity contribution in [2.24, 2.45) is 0 Å². The Morgan fingerprint density at radius 2 is 2.24 bits per heavy atom. The highest BCUT2D eigenvalue weighted by Crippen LogP contribution is 2.26. The second kappa shape index (κ2) is 7.97. The van der Waals surface area contributed by atoms with Gasteiger partial charge in [0.15, 0.2) is 6.61 Å². The highest BCUT2D eigenvalue weighted by atomic mass is 35.5. The topological polar surface area (TPSA) is 69.4 Å². The Balaban J connectivity index is 1.86. The molecule has 114 valence electrons. The number of aryl methyl sites for hydroxylation is 1. The maximum Gasteiger partial charge on any atom is 0.223 e. The molecule has 1 heterocycles. The average Bonchev–Trinajstić information content (AvgIpc) is 2.88. The zero-order chi connectivity index (χ0) is 15.1. The number of benzene rings is 1. The van der Waals surface area contributed by atoms with Gasteiger partial charge in [-0.1, -0.05) is 22.8 Å². The smallest absolute Gasteiger partial charge is 0.223 e. The summed E-state index contributed by atoms with van der Waals surface area (Å²) in [6, 6.07) is 5.67. The minimum absolute atomic E-state index is 0.225. The van der Waals surface area contributed by atoms with Crippen molar-refractivity contribution in [2.75, 3.05) is 20.3 Å². The summed E-state index contributed by atoms with van der Waals surface area (Å²) in [5.74, 6) is 1.60. The first-order valence-corrected chi connectivity index (χ1v) is 6.97. The van der Waals surface area contributed by atoms with Gasteiger partial charge in [0.25, 0.3) is 0 Å². The zero-order valence-electron chi connectivity index (χ0n) is 12.1. The molecule has 0 bridgehead atoms. The molecule has 0 aliphatic rings. The lowest BCUT2D eigenvalue weighted by atomic mass is 10.2. The molecule has 0 atom stereocenters. The molecule has 0 unspecified atom stereocenters. The third-order valence-corrected chi connectivity index (χ3v) is 3.03. The molecule has 0 spiro atoms. The van der Waals surface area contributed by atoms with Crippen molar-refractivity contribution >= 4 is 11.6 Å². The molecular formula is C14H18ClN3O3. The van der Waals surface area contributed by atoms with Gasteiger partial charge in [-0.25, -0.2) is 0 Å². The Labute approximate surface area is 128 Å². The number of hydrogen-bond acceptors (Lipinski definition) is 6. The number of halogens is 1. The summed E-state index contributed by atoms with van der Waals surface area (Å²) < 4.78 is 15.4. The molecule has 0 aliphatic carbocycles. The van der Waals surface area contributed by atoms with E-state index in [0.29, 0.717) is 29.1 Å². The molecule has 21 heavy (non-hydrogen) atoms. The lowest BCUT2D eigenvalue weighted by Gasteiger charge is -2.09. The van der Waals surface area contributed by atoms with Gasteiger partial charge in [0.05, 0.1) is 11.6 Å². The summed E-state index contributed by atoms with van der Waals surface area (Å²) in [4.78, 5) is 4.06. The lowest BCUT2D eigenvalue weighted by molar-refractivity contribution is 0.199. The molecule has 7 heteroatoms. The number of methoxy groups -OCH3 is 1. The molecule has 2 rings (SSSR count). The first-order chi connectivity index (χ1) is 10.2. The SMILES string of the molecule is COCCNCc1ccc(OCc2noc(C)n2)c(Cl)c1. The van der Waals surface area contributed by atoms with Gasteiger partial charge < -0.3 is 19.3 Å². The van der Waals surface area contributed by atoms with E-state index in [1.807, 2.05) is 18.2 Å². The number of aromatic nitrogens is 2. The summed E-state index contributed by atoms with van der Waals surface area (Å²) in [5, 5.41) is 7.57. The van der Waals surface area contributed by atoms with Crippen LogP contribution in [0.1, 0.15) is 17.3 Å². The fraction of sp³-hybridized carbons (Fsp3) is 0.429. The van der Waals surface area contributed by atoms with E-state index in [9.17, 15) is 0 Å². The molecule has 6 nitrogen and oxygen atoms in total. The van der Waals surface area contributed by atoms with E-state index in [4.69, 9.17) is 25.6 Å². The fourth-order valence-corrected chi connectivity index (χ4v) is 1.98. The van der Waals surface area contributed by atoms with E-state index in [1.54, 1.807) is 14.0 Å². The Hall–Kier alpha value is -1.63. The van der Waals surface area contributed by atoms with Crippen LogP contribution in [0.4, 0.5) is 0 Å². The molecule has 1 aromatic heterocycles. The summed E-state index contributed by atoms with van der Waals surface area (Å²) in [6.07, 6.45) is 0. The number of rotatable bonds is 8. The molecule has 0 fully saturated rings. The van der Waals surface area contributed by atoms with Crippen LogP contribution in [0.5, 0.6) is 5.75 Å². The quantitative estimate of drug-likeness (QED) is 0.755. The van der Waals surface area contributed by atoms with Gasteiger partial charge in [0.1, 0.15) is 5.75 Å². The normalized spacial score (nSPS) is 10.8. The first kappa shape index (κ1) is 15.8. The van der Waals surface area contributed by atoms with Gasteiger partial charge in [-0.3, -0.25) is 0 Å². The van der Waals surface area contributed by atoms with Crippen molar-refractivity contribution in [3.63, 3.8) is 0 Å². The summed E-state index contributed by atoms with van der Waals surface area (Å²) in [6.45, 7) is 4.16. The molecule has 1 aromatic carbocycles. The zero-order valence-corrected chi connectivity index (χ0v) is 12.8. The maximum absolute atomic E-state index is 6.20. The highest BCUT2D eigenvalue weighted by molar-refractivity contribution is 6.32. The predicted molar refractivity (Wildman–Crippen MR) is 78.4 cm³/mol. The molecule has 0 amide bonds. The Kier molecular flexibility index (Phi) is 5.98. The van der Waals surface area contributed by atoms with Gasteiger partial charge >= 0.3 is 0 Å². The molecule has 0 saturated carbocycles. The largest absolute Gasteiger partial charge is 0.484 e. The van der Waals surface area contributed by atoms with Crippen LogP contribution in [0.25, 0.3) is 0 Å². The number of nitrogens with zero attached hydrogens (tertiary/aromatic N) is 2. The maximum atomic E-state index is 6.20. The van der Waals surface area contributed by atoms with Crippen molar-refractivity contribution in [3.8, 4) is 5.75 Å². The average molecular weight is 312 g/mol. The predicted octanol–water partition coefficient (Wildman–Crippen LogP) is 2.35. The third kappa shape index (κ3) is 5.00. The number of nitrogens with one attached hydrogen (secondary N) is 1. The Morgan fingerprint density at radius 1 is 1.38 bits per heavy atom. The minimum Gasteiger partial charge on any atom is -0.484 e. The van der Waals surface area contributed by atoms with Crippen LogP contribution in [0, 0.1) is 6.92 Å².